The maximum absolute atomic E-state index is 13.5. The lowest BCUT2D eigenvalue weighted by atomic mass is 10.0. The van der Waals surface area contributed by atoms with Gasteiger partial charge in [0.25, 0.3) is 5.91 Å². The van der Waals surface area contributed by atoms with E-state index < -0.39 is 0 Å². The topological polar surface area (TPSA) is 83.6 Å². The molecule has 0 aliphatic carbocycles. The number of pyridine rings is 1. The Morgan fingerprint density at radius 2 is 1.94 bits per heavy atom. The first-order valence-electron chi connectivity index (χ1n) is 10.7. The van der Waals surface area contributed by atoms with Gasteiger partial charge in [0.15, 0.2) is 0 Å². The molecule has 0 bridgehead atoms. The third kappa shape index (κ3) is 4.53. The highest BCUT2D eigenvalue weighted by Crippen LogP contribution is 2.28. The molecule has 0 aliphatic heterocycles. The van der Waals surface area contributed by atoms with Crippen molar-refractivity contribution in [3.8, 4) is 6.07 Å². The number of nitrogens with one attached hydrogen (secondary N) is 1. The third-order valence-electron chi connectivity index (χ3n) is 5.70. The quantitative estimate of drug-likeness (QED) is 0.357. The molecule has 2 aromatic carbocycles. The van der Waals surface area contributed by atoms with Crippen LogP contribution in [0, 0.1) is 25.2 Å². The van der Waals surface area contributed by atoms with E-state index in [-0.39, 0.29) is 11.8 Å². The molecule has 1 amide bonds. The molecule has 0 atom stereocenters. The number of anilines is 1. The van der Waals surface area contributed by atoms with Crippen LogP contribution in [0.2, 0.25) is 0 Å². The van der Waals surface area contributed by atoms with Gasteiger partial charge in [-0.1, -0.05) is 48.0 Å². The van der Waals surface area contributed by atoms with Gasteiger partial charge in [0, 0.05) is 15.6 Å². The van der Waals surface area contributed by atoms with Crippen molar-refractivity contribution in [2.24, 2.45) is 0 Å². The lowest BCUT2D eigenvalue weighted by Crippen LogP contribution is -2.15. The number of hydrogen-bond donors (Lipinski definition) is 1. The van der Waals surface area contributed by atoms with E-state index in [0.717, 1.165) is 38.0 Å². The molecule has 0 radical (unpaired) electrons. The Balaban J connectivity index is 1.71. The summed E-state index contributed by atoms with van der Waals surface area (Å²) in [6.07, 6.45) is 0. The number of aryl methyl sites for hydroxylation is 1. The smallest absolute Gasteiger partial charge is 0.256 e. The summed E-state index contributed by atoms with van der Waals surface area (Å²) in [5, 5.41) is 17.9. The number of hydrogen-bond acceptors (Lipinski definition) is 4. The van der Waals surface area contributed by atoms with Gasteiger partial charge in [0.2, 0.25) is 0 Å². The summed E-state index contributed by atoms with van der Waals surface area (Å²) in [4.78, 5) is 18.2. The van der Waals surface area contributed by atoms with Gasteiger partial charge >= 0.3 is 0 Å². The van der Waals surface area contributed by atoms with Gasteiger partial charge in [-0.3, -0.25) is 14.5 Å². The molecule has 2 heterocycles. The number of halogens is 1. The number of fused-ring (bicyclic) bond motifs is 1. The predicted molar refractivity (Wildman–Crippen MR) is 133 cm³/mol. The summed E-state index contributed by atoms with van der Waals surface area (Å²) in [5.41, 5.74) is 5.96. The minimum absolute atomic E-state index is 0.191. The van der Waals surface area contributed by atoms with Gasteiger partial charge in [-0.15, -0.1) is 0 Å². The van der Waals surface area contributed by atoms with E-state index >= 15 is 0 Å². The maximum atomic E-state index is 13.5. The summed E-state index contributed by atoms with van der Waals surface area (Å²) in [6.45, 7) is 8.37. The van der Waals surface area contributed by atoms with Gasteiger partial charge in [-0.25, -0.2) is 0 Å². The van der Waals surface area contributed by atoms with Crippen LogP contribution in [-0.4, -0.2) is 20.7 Å². The van der Waals surface area contributed by atoms with Gasteiger partial charge < -0.3 is 5.32 Å². The van der Waals surface area contributed by atoms with E-state index in [2.05, 4.69) is 46.3 Å². The molecule has 33 heavy (non-hydrogen) atoms. The number of rotatable bonds is 5. The lowest BCUT2D eigenvalue weighted by molar-refractivity contribution is 0.102. The highest BCUT2D eigenvalue weighted by molar-refractivity contribution is 9.10. The molecule has 1 N–H and O–H groups in total. The largest absolute Gasteiger partial charge is 0.319 e. The zero-order valence-electron chi connectivity index (χ0n) is 19.0. The number of carbonyl (C=O) groups is 1. The van der Waals surface area contributed by atoms with Crippen molar-refractivity contribution in [2.75, 3.05) is 5.32 Å². The first-order valence-corrected chi connectivity index (χ1v) is 11.5. The average Bonchev–Trinajstić information content (AvgIpc) is 3.05. The second kappa shape index (κ2) is 9.16. The highest BCUT2D eigenvalue weighted by Gasteiger charge is 2.19. The molecular weight excluding hydrogens is 478 g/mol. The summed E-state index contributed by atoms with van der Waals surface area (Å²) in [7, 11) is 0. The van der Waals surface area contributed by atoms with Crippen molar-refractivity contribution >= 4 is 38.4 Å². The molecular formula is C26H24BrN5O. The van der Waals surface area contributed by atoms with Crippen LogP contribution in [0.5, 0.6) is 0 Å². The monoisotopic (exact) mass is 501 g/mol. The van der Waals surface area contributed by atoms with E-state index in [1.54, 1.807) is 6.07 Å². The molecule has 166 valence electrons. The Hall–Kier alpha value is -3.50. The first-order chi connectivity index (χ1) is 15.8. The number of benzene rings is 2. The van der Waals surface area contributed by atoms with Gasteiger partial charge in [0.05, 0.1) is 46.3 Å². The summed E-state index contributed by atoms with van der Waals surface area (Å²) in [6, 6.07) is 17.3. The van der Waals surface area contributed by atoms with Crippen LogP contribution in [0.4, 0.5) is 5.69 Å². The number of aromatic nitrogens is 3. The van der Waals surface area contributed by atoms with E-state index in [9.17, 15) is 10.1 Å². The fourth-order valence-electron chi connectivity index (χ4n) is 3.84. The number of nitrogens with zero attached hydrogens (tertiary/aromatic N) is 4. The minimum atomic E-state index is -0.203. The third-order valence-corrected chi connectivity index (χ3v) is 6.20. The highest BCUT2D eigenvalue weighted by atomic mass is 79.9. The van der Waals surface area contributed by atoms with Gasteiger partial charge in [-0.2, -0.15) is 10.4 Å². The van der Waals surface area contributed by atoms with Crippen LogP contribution in [0.15, 0.2) is 53.0 Å². The van der Waals surface area contributed by atoms with Crippen LogP contribution in [0.3, 0.4) is 0 Å². The molecule has 0 unspecified atom stereocenters. The van der Waals surface area contributed by atoms with Crippen molar-refractivity contribution in [1.29, 1.82) is 5.26 Å². The lowest BCUT2D eigenvalue weighted by Gasteiger charge is -2.13. The van der Waals surface area contributed by atoms with Crippen LogP contribution in [0.25, 0.3) is 10.9 Å². The van der Waals surface area contributed by atoms with Gasteiger partial charge in [0.1, 0.15) is 0 Å². The van der Waals surface area contributed by atoms with Crippen molar-refractivity contribution in [3.05, 3.63) is 86.8 Å². The fraction of sp³-hybridized carbons (Fsp3) is 0.231. The molecule has 6 nitrogen and oxygen atoms in total. The van der Waals surface area contributed by atoms with Crippen molar-refractivity contribution in [3.63, 3.8) is 0 Å². The maximum Gasteiger partial charge on any atom is 0.256 e. The molecule has 0 saturated heterocycles. The predicted octanol–water partition coefficient (Wildman–Crippen LogP) is 6.11. The Kier molecular flexibility index (Phi) is 6.30. The Labute approximate surface area is 201 Å². The fourth-order valence-corrected chi connectivity index (χ4v) is 4.20. The number of carbonyl (C=O) groups excluding carboxylic acids is 1. The number of nitriles is 1. The molecule has 0 spiro atoms. The van der Waals surface area contributed by atoms with Crippen molar-refractivity contribution < 1.29 is 4.79 Å². The Bertz CT molecular complexity index is 1410. The van der Waals surface area contributed by atoms with E-state index in [1.807, 2.05) is 61.0 Å². The second-order valence-corrected chi connectivity index (χ2v) is 9.25. The molecule has 2 aromatic heterocycles. The SMILES string of the molecule is Cc1nn(Cc2ccccc2C#N)c(C)c1NC(=O)c1cc(C(C)C)nc2ccc(Br)cc12. The standard InChI is InChI=1S/C26H24BrN5O/c1-15(2)24-12-22(21-11-20(27)9-10-23(21)29-24)26(33)30-25-16(3)31-32(17(25)4)14-19-8-6-5-7-18(19)13-28/h5-12,15H,14H2,1-4H3,(H,30,33). The zero-order valence-corrected chi connectivity index (χ0v) is 20.6. The normalized spacial score (nSPS) is 11.1. The molecule has 0 fully saturated rings. The number of amides is 1. The summed E-state index contributed by atoms with van der Waals surface area (Å²) >= 11 is 3.50. The van der Waals surface area contributed by atoms with Crippen LogP contribution in [0.1, 0.15) is 58.3 Å². The van der Waals surface area contributed by atoms with Crippen LogP contribution < -0.4 is 5.32 Å². The molecule has 0 aliphatic rings. The van der Waals surface area contributed by atoms with E-state index in [1.165, 1.54) is 0 Å². The summed E-state index contributed by atoms with van der Waals surface area (Å²) < 4.78 is 2.71. The molecule has 0 saturated carbocycles. The molecule has 4 aromatic rings. The second-order valence-electron chi connectivity index (χ2n) is 8.34. The first kappa shape index (κ1) is 22.7. The van der Waals surface area contributed by atoms with E-state index in [0.29, 0.717) is 23.4 Å². The Morgan fingerprint density at radius 1 is 1.18 bits per heavy atom. The van der Waals surface area contributed by atoms with Crippen molar-refractivity contribution in [1.82, 2.24) is 14.8 Å². The zero-order chi connectivity index (χ0) is 23.7. The summed E-state index contributed by atoms with van der Waals surface area (Å²) in [5.74, 6) is -0.0124. The van der Waals surface area contributed by atoms with Crippen LogP contribution in [-0.2, 0) is 6.54 Å². The van der Waals surface area contributed by atoms with E-state index in [4.69, 9.17) is 4.98 Å². The Morgan fingerprint density at radius 3 is 2.67 bits per heavy atom. The molecule has 7 heteroatoms. The van der Waals surface area contributed by atoms with Gasteiger partial charge in [-0.05, 0) is 55.7 Å². The minimum Gasteiger partial charge on any atom is -0.319 e. The van der Waals surface area contributed by atoms with Crippen molar-refractivity contribution in [2.45, 2.75) is 40.2 Å². The molecule has 4 rings (SSSR count). The average molecular weight is 502 g/mol. The van der Waals surface area contributed by atoms with Crippen LogP contribution >= 0.6 is 15.9 Å².